The Labute approximate surface area is 217 Å². The van der Waals surface area contributed by atoms with Gasteiger partial charge < -0.3 is 14.8 Å². The molecule has 5 nitrogen and oxygen atoms in total. The lowest BCUT2D eigenvalue weighted by atomic mass is 10.1. The monoisotopic (exact) mass is 606 g/mol. The van der Waals surface area contributed by atoms with Crippen molar-refractivity contribution in [1.82, 2.24) is 5.32 Å². The zero-order chi connectivity index (χ0) is 23.4. The molecule has 1 N–H and O–H groups in total. The first-order chi connectivity index (χ1) is 15.9. The molecule has 33 heavy (non-hydrogen) atoms. The summed E-state index contributed by atoms with van der Waals surface area (Å²) in [7, 11) is 1.56. The fourth-order valence-electron chi connectivity index (χ4n) is 3.05. The van der Waals surface area contributed by atoms with Crippen molar-refractivity contribution in [2.24, 2.45) is 4.99 Å². The van der Waals surface area contributed by atoms with Crippen molar-refractivity contribution in [3.8, 4) is 11.5 Å². The lowest BCUT2D eigenvalue weighted by Gasteiger charge is -2.12. The van der Waals surface area contributed by atoms with Crippen LogP contribution in [0.2, 0.25) is 5.02 Å². The highest BCUT2D eigenvalue weighted by atomic mass is 79.9. The minimum absolute atomic E-state index is 0.246. The highest BCUT2D eigenvalue weighted by Crippen LogP contribution is 2.38. The number of amidine groups is 1. The van der Waals surface area contributed by atoms with Crippen LogP contribution in [0.1, 0.15) is 11.1 Å². The Morgan fingerprint density at radius 2 is 1.91 bits per heavy atom. The lowest BCUT2D eigenvalue weighted by molar-refractivity contribution is -0.115. The van der Waals surface area contributed by atoms with Gasteiger partial charge in [0.15, 0.2) is 5.17 Å². The van der Waals surface area contributed by atoms with Gasteiger partial charge in [-0.25, -0.2) is 4.99 Å². The van der Waals surface area contributed by atoms with Gasteiger partial charge in [0, 0.05) is 15.1 Å². The zero-order valence-corrected chi connectivity index (χ0v) is 22.0. The number of halogens is 3. The smallest absolute Gasteiger partial charge is 0.264 e. The Bertz CT molecular complexity index is 1270. The number of nitrogens with zero attached hydrogens (tertiary/aromatic N) is 1. The molecule has 0 bridgehead atoms. The van der Waals surface area contributed by atoms with Crippen molar-refractivity contribution in [2.75, 3.05) is 7.11 Å². The van der Waals surface area contributed by atoms with Crippen LogP contribution in [0.3, 0.4) is 0 Å². The van der Waals surface area contributed by atoms with Crippen molar-refractivity contribution in [3.63, 3.8) is 0 Å². The average Bonchev–Trinajstić information content (AvgIpc) is 3.12. The van der Waals surface area contributed by atoms with E-state index in [1.54, 1.807) is 31.4 Å². The highest BCUT2D eigenvalue weighted by Gasteiger charge is 2.25. The number of hydrogen-bond donors (Lipinski definition) is 1. The molecule has 1 amide bonds. The summed E-state index contributed by atoms with van der Waals surface area (Å²) in [5.74, 6) is 0.960. The third kappa shape index (κ3) is 6.00. The van der Waals surface area contributed by atoms with E-state index in [4.69, 9.17) is 21.1 Å². The molecule has 1 fully saturated rings. The molecule has 0 unspecified atom stereocenters. The third-order valence-corrected chi connectivity index (χ3v) is 6.76. The standard InChI is InChI=1S/C24H17Br2ClN2O3S/c1-31-20-8-7-17(27)12-19(20)28-24-29-23(30)21(33-24)10-15-9-16(25)11-18(26)22(15)32-13-14-5-3-2-4-6-14/h2-12H,13H2,1H3,(H,28,29,30)/b21-10-. The van der Waals surface area contributed by atoms with Crippen LogP contribution in [0, 0.1) is 0 Å². The summed E-state index contributed by atoms with van der Waals surface area (Å²) >= 11 is 14.4. The average molecular weight is 609 g/mol. The van der Waals surface area contributed by atoms with Crippen molar-refractivity contribution in [1.29, 1.82) is 0 Å². The molecule has 1 heterocycles. The number of aliphatic imine (C=N–C) groups is 1. The molecule has 0 aliphatic carbocycles. The molecule has 1 aliphatic rings. The number of nitrogens with one attached hydrogen (secondary N) is 1. The summed E-state index contributed by atoms with van der Waals surface area (Å²) < 4.78 is 13.1. The highest BCUT2D eigenvalue weighted by molar-refractivity contribution is 9.11. The number of carbonyl (C=O) groups excluding carboxylic acids is 1. The molecular formula is C24H17Br2ClN2O3S. The summed E-state index contributed by atoms with van der Waals surface area (Å²) in [5, 5.41) is 3.76. The Balaban J connectivity index is 1.62. The van der Waals surface area contributed by atoms with Gasteiger partial charge in [0.2, 0.25) is 0 Å². The van der Waals surface area contributed by atoms with Crippen LogP contribution in [0.15, 0.2) is 79.5 Å². The Hall–Kier alpha value is -2.26. The Kier molecular flexibility index (Phi) is 7.80. The second-order valence-corrected chi connectivity index (χ2v) is 10.1. The van der Waals surface area contributed by atoms with Gasteiger partial charge in [0.05, 0.1) is 16.5 Å². The van der Waals surface area contributed by atoms with Crippen LogP contribution in [0.5, 0.6) is 11.5 Å². The van der Waals surface area contributed by atoms with E-state index in [1.807, 2.05) is 42.5 Å². The number of ether oxygens (including phenoxy) is 2. The number of carbonyl (C=O) groups is 1. The quantitative estimate of drug-likeness (QED) is 0.298. The minimum atomic E-state index is -0.246. The van der Waals surface area contributed by atoms with Crippen molar-refractivity contribution >= 4 is 78.1 Å². The molecule has 168 valence electrons. The molecule has 1 aliphatic heterocycles. The molecule has 0 aromatic heterocycles. The minimum Gasteiger partial charge on any atom is -0.494 e. The SMILES string of the molecule is COc1ccc(Cl)cc1N=C1NC(=O)/C(=C/c2cc(Br)cc(Br)c2OCc2ccccc2)S1. The molecule has 3 aromatic rings. The largest absolute Gasteiger partial charge is 0.494 e. The van der Waals surface area contributed by atoms with Gasteiger partial charge in [-0.3, -0.25) is 4.79 Å². The van der Waals surface area contributed by atoms with Crippen LogP contribution in [0.25, 0.3) is 6.08 Å². The van der Waals surface area contributed by atoms with Gasteiger partial charge in [-0.1, -0.05) is 57.9 Å². The molecule has 0 saturated carbocycles. The molecule has 9 heteroatoms. The summed E-state index contributed by atoms with van der Waals surface area (Å²) in [6.07, 6.45) is 1.79. The number of methoxy groups -OCH3 is 1. The van der Waals surface area contributed by atoms with E-state index < -0.39 is 0 Å². The van der Waals surface area contributed by atoms with E-state index in [9.17, 15) is 4.79 Å². The van der Waals surface area contributed by atoms with Gasteiger partial charge in [-0.15, -0.1) is 0 Å². The van der Waals surface area contributed by atoms with E-state index in [0.717, 1.165) is 20.1 Å². The number of amides is 1. The van der Waals surface area contributed by atoms with E-state index >= 15 is 0 Å². The topological polar surface area (TPSA) is 59.9 Å². The molecule has 0 atom stereocenters. The third-order valence-electron chi connectivity index (χ3n) is 4.56. The maximum absolute atomic E-state index is 12.7. The summed E-state index contributed by atoms with van der Waals surface area (Å²) in [4.78, 5) is 17.7. The van der Waals surface area contributed by atoms with Crippen molar-refractivity contribution < 1.29 is 14.3 Å². The van der Waals surface area contributed by atoms with E-state index in [0.29, 0.717) is 38.9 Å². The van der Waals surface area contributed by atoms with Gasteiger partial charge in [-0.05, 0) is 69.7 Å². The number of hydrogen-bond acceptors (Lipinski definition) is 5. The fraction of sp³-hybridized carbons (Fsp3) is 0.0833. The van der Waals surface area contributed by atoms with Crippen molar-refractivity contribution in [3.05, 3.63) is 90.7 Å². The second kappa shape index (κ2) is 10.8. The predicted octanol–water partition coefficient (Wildman–Crippen LogP) is 7.34. The molecule has 0 spiro atoms. The van der Waals surface area contributed by atoms with E-state index in [2.05, 4.69) is 42.2 Å². The maximum atomic E-state index is 12.7. The normalized spacial score (nSPS) is 15.7. The van der Waals surface area contributed by atoms with E-state index in [1.165, 1.54) is 11.8 Å². The van der Waals surface area contributed by atoms with Crippen LogP contribution in [-0.2, 0) is 11.4 Å². The van der Waals surface area contributed by atoms with Crippen LogP contribution in [0.4, 0.5) is 5.69 Å². The van der Waals surface area contributed by atoms with Gasteiger partial charge in [-0.2, -0.15) is 0 Å². The summed E-state index contributed by atoms with van der Waals surface area (Å²) in [6, 6.07) is 18.8. The molecule has 0 radical (unpaired) electrons. The number of thioether (sulfide) groups is 1. The van der Waals surface area contributed by atoms with Gasteiger partial charge in [0.1, 0.15) is 23.8 Å². The Morgan fingerprint density at radius 3 is 2.67 bits per heavy atom. The predicted molar refractivity (Wildman–Crippen MR) is 141 cm³/mol. The van der Waals surface area contributed by atoms with Crippen LogP contribution >= 0.6 is 55.2 Å². The van der Waals surface area contributed by atoms with Crippen molar-refractivity contribution in [2.45, 2.75) is 6.61 Å². The maximum Gasteiger partial charge on any atom is 0.264 e. The van der Waals surface area contributed by atoms with Crippen LogP contribution < -0.4 is 14.8 Å². The van der Waals surface area contributed by atoms with Crippen LogP contribution in [-0.4, -0.2) is 18.2 Å². The van der Waals surface area contributed by atoms with Gasteiger partial charge >= 0.3 is 0 Å². The lowest BCUT2D eigenvalue weighted by Crippen LogP contribution is -2.19. The second-order valence-electron chi connectivity index (χ2n) is 6.88. The fourth-order valence-corrected chi connectivity index (χ4v) is 5.42. The first-order valence-electron chi connectivity index (χ1n) is 9.72. The Morgan fingerprint density at radius 1 is 1.12 bits per heavy atom. The van der Waals surface area contributed by atoms with E-state index in [-0.39, 0.29) is 5.91 Å². The summed E-state index contributed by atoms with van der Waals surface area (Å²) in [5.41, 5.74) is 2.33. The molecular weight excluding hydrogens is 592 g/mol. The summed E-state index contributed by atoms with van der Waals surface area (Å²) in [6.45, 7) is 0.401. The molecule has 4 rings (SSSR count). The van der Waals surface area contributed by atoms with Gasteiger partial charge in [0.25, 0.3) is 5.91 Å². The first-order valence-corrected chi connectivity index (χ1v) is 12.5. The zero-order valence-electron chi connectivity index (χ0n) is 17.3. The molecule has 1 saturated heterocycles. The molecule has 3 aromatic carbocycles. The number of benzene rings is 3. The number of rotatable bonds is 6. The first kappa shape index (κ1) is 23.9.